The summed E-state index contributed by atoms with van der Waals surface area (Å²) in [6.45, 7) is 7.82. The van der Waals surface area contributed by atoms with Crippen molar-refractivity contribution >= 4 is 5.96 Å². The molecule has 1 aliphatic heterocycles. The molecule has 2 aromatic rings. The van der Waals surface area contributed by atoms with E-state index in [1.54, 1.807) is 7.05 Å². The van der Waals surface area contributed by atoms with Gasteiger partial charge in [-0.2, -0.15) is 0 Å². The normalized spacial score (nSPS) is 15.4. The van der Waals surface area contributed by atoms with Crippen molar-refractivity contribution in [2.45, 2.75) is 71.2 Å². The Morgan fingerprint density at radius 2 is 1.87 bits per heavy atom. The molecule has 1 aromatic carbocycles. The Morgan fingerprint density at radius 1 is 1.13 bits per heavy atom. The fourth-order valence-electron chi connectivity index (χ4n) is 3.77. The number of aromatic nitrogens is 1. The predicted molar refractivity (Wildman–Crippen MR) is 122 cm³/mol. The van der Waals surface area contributed by atoms with Gasteiger partial charge in [-0.15, -0.1) is 0 Å². The lowest BCUT2D eigenvalue weighted by Crippen LogP contribution is -2.36. The molecule has 170 valence electrons. The molecule has 0 aliphatic carbocycles. The molecule has 2 heterocycles. The Kier molecular flexibility index (Phi) is 9.37. The summed E-state index contributed by atoms with van der Waals surface area (Å²) in [4.78, 5) is 4.31. The fraction of sp³-hybridized carbons (Fsp3) is 0.583. The van der Waals surface area contributed by atoms with Gasteiger partial charge < -0.3 is 24.6 Å². The fourth-order valence-corrected chi connectivity index (χ4v) is 3.77. The summed E-state index contributed by atoms with van der Waals surface area (Å²) >= 11 is 0. The topological polar surface area (TPSA) is 80.9 Å². The Bertz CT molecular complexity index is 811. The smallest absolute Gasteiger partial charge is 0.191 e. The maximum Gasteiger partial charge on any atom is 0.191 e. The summed E-state index contributed by atoms with van der Waals surface area (Å²) in [5.74, 6) is 2.00. The van der Waals surface area contributed by atoms with Gasteiger partial charge in [0.05, 0.1) is 24.9 Å². The first-order valence-corrected chi connectivity index (χ1v) is 11.4. The number of nitrogens with zero attached hydrogens (tertiary/aromatic N) is 2. The van der Waals surface area contributed by atoms with Crippen LogP contribution in [0, 0.1) is 0 Å². The molecule has 0 bridgehead atoms. The van der Waals surface area contributed by atoms with E-state index in [9.17, 15) is 0 Å². The summed E-state index contributed by atoms with van der Waals surface area (Å²) in [6.07, 6.45) is 4.40. The highest BCUT2D eigenvalue weighted by molar-refractivity contribution is 5.79. The zero-order chi connectivity index (χ0) is 21.9. The first kappa shape index (κ1) is 23.3. The maximum absolute atomic E-state index is 6.04. The van der Waals surface area contributed by atoms with Gasteiger partial charge in [0, 0.05) is 38.8 Å². The van der Waals surface area contributed by atoms with Crippen LogP contribution in [-0.4, -0.2) is 37.5 Å². The van der Waals surface area contributed by atoms with Crippen LogP contribution in [0.15, 0.2) is 39.8 Å². The molecule has 0 amide bonds. The monoisotopic (exact) mass is 428 g/mol. The van der Waals surface area contributed by atoms with E-state index >= 15 is 0 Å². The van der Waals surface area contributed by atoms with Crippen molar-refractivity contribution in [1.29, 1.82) is 0 Å². The largest absolute Gasteiger partial charge is 0.381 e. The van der Waals surface area contributed by atoms with Gasteiger partial charge in [0.25, 0.3) is 0 Å². The van der Waals surface area contributed by atoms with Gasteiger partial charge in [-0.25, -0.2) is 0 Å². The highest BCUT2D eigenvalue weighted by Crippen LogP contribution is 2.22. The molecular weight excluding hydrogens is 392 g/mol. The number of rotatable bonds is 10. The van der Waals surface area contributed by atoms with E-state index in [1.165, 1.54) is 11.1 Å². The minimum atomic E-state index is 0.306. The molecule has 31 heavy (non-hydrogen) atoms. The Labute approximate surface area is 185 Å². The van der Waals surface area contributed by atoms with E-state index in [-0.39, 0.29) is 0 Å². The molecule has 0 unspecified atom stereocenters. The minimum absolute atomic E-state index is 0.306. The molecule has 1 saturated heterocycles. The van der Waals surface area contributed by atoms with Crippen molar-refractivity contribution in [3.05, 3.63) is 52.9 Å². The second-order valence-corrected chi connectivity index (χ2v) is 7.95. The van der Waals surface area contributed by atoms with Crippen LogP contribution in [0.1, 0.15) is 68.0 Å². The van der Waals surface area contributed by atoms with E-state index < -0.39 is 0 Å². The maximum atomic E-state index is 6.04. The predicted octanol–water partition coefficient (Wildman–Crippen LogP) is 4.14. The van der Waals surface area contributed by atoms with Crippen LogP contribution < -0.4 is 10.6 Å². The molecule has 0 radical (unpaired) electrons. The number of aliphatic imine (C=N–C) groups is 1. The molecular formula is C24H36N4O3. The standard InChI is InChI=1S/C24H36N4O3/c1-4-20(5-2)23-14-22(31-28-23)16-27-24(25-3)26-15-18-7-6-8-19(13-18)17-30-21-9-11-29-12-10-21/h6-8,13-14,20-21H,4-5,9-12,15-17H2,1-3H3,(H2,25,26,27). The lowest BCUT2D eigenvalue weighted by Gasteiger charge is -2.22. The molecule has 0 spiro atoms. The molecule has 7 heteroatoms. The summed E-state index contributed by atoms with van der Waals surface area (Å²) in [6, 6.07) is 10.5. The molecule has 0 saturated carbocycles. The van der Waals surface area contributed by atoms with E-state index in [0.29, 0.717) is 31.7 Å². The average Bonchev–Trinajstić information content (AvgIpc) is 3.28. The SMILES string of the molecule is CCC(CC)c1cc(CNC(=NC)NCc2cccc(COC3CCOCC3)c2)on1. The third kappa shape index (κ3) is 7.36. The third-order valence-electron chi connectivity index (χ3n) is 5.74. The highest BCUT2D eigenvalue weighted by Gasteiger charge is 2.14. The van der Waals surface area contributed by atoms with Crippen molar-refractivity contribution in [3.63, 3.8) is 0 Å². The lowest BCUT2D eigenvalue weighted by atomic mass is 9.99. The number of hydrogen-bond donors (Lipinski definition) is 2. The van der Waals surface area contributed by atoms with E-state index in [0.717, 1.165) is 56.3 Å². The quantitative estimate of drug-likeness (QED) is 0.437. The van der Waals surface area contributed by atoms with Gasteiger partial charge in [0.1, 0.15) is 0 Å². The first-order valence-electron chi connectivity index (χ1n) is 11.4. The second kappa shape index (κ2) is 12.5. The second-order valence-electron chi connectivity index (χ2n) is 7.95. The van der Waals surface area contributed by atoms with Crippen LogP contribution in [0.3, 0.4) is 0 Å². The average molecular weight is 429 g/mol. The zero-order valence-electron chi connectivity index (χ0n) is 19.0. The van der Waals surface area contributed by atoms with Crippen LogP contribution in [0.5, 0.6) is 0 Å². The molecule has 0 atom stereocenters. The van der Waals surface area contributed by atoms with Gasteiger partial charge in [-0.05, 0) is 36.8 Å². The van der Waals surface area contributed by atoms with Crippen LogP contribution >= 0.6 is 0 Å². The van der Waals surface area contributed by atoms with Crippen molar-refractivity contribution in [1.82, 2.24) is 15.8 Å². The van der Waals surface area contributed by atoms with Crippen molar-refractivity contribution in [2.75, 3.05) is 20.3 Å². The third-order valence-corrected chi connectivity index (χ3v) is 5.74. The van der Waals surface area contributed by atoms with Gasteiger partial charge in [0.15, 0.2) is 11.7 Å². The number of ether oxygens (including phenoxy) is 2. The Hall–Kier alpha value is -2.38. The molecule has 1 aliphatic rings. The van der Waals surface area contributed by atoms with Gasteiger partial charge in [0.2, 0.25) is 0 Å². The first-order chi connectivity index (χ1) is 15.2. The number of guanidine groups is 1. The molecule has 7 nitrogen and oxygen atoms in total. The zero-order valence-corrected chi connectivity index (χ0v) is 19.0. The van der Waals surface area contributed by atoms with Gasteiger partial charge in [-0.3, -0.25) is 4.99 Å². The van der Waals surface area contributed by atoms with Crippen LogP contribution in [0.4, 0.5) is 0 Å². The minimum Gasteiger partial charge on any atom is -0.381 e. The van der Waals surface area contributed by atoms with Crippen molar-refractivity contribution < 1.29 is 14.0 Å². The number of hydrogen-bond acceptors (Lipinski definition) is 5. The van der Waals surface area contributed by atoms with Gasteiger partial charge >= 0.3 is 0 Å². The highest BCUT2D eigenvalue weighted by atomic mass is 16.5. The Balaban J connectivity index is 1.45. The van der Waals surface area contributed by atoms with E-state index in [2.05, 4.69) is 58.9 Å². The van der Waals surface area contributed by atoms with Crippen LogP contribution in [0.25, 0.3) is 0 Å². The molecule has 1 aromatic heterocycles. The summed E-state index contributed by atoms with van der Waals surface area (Å²) in [5, 5.41) is 10.9. The van der Waals surface area contributed by atoms with Crippen LogP contribution in [-0.2, 0) is 29.2 Å². The van der Waals surface area contributed by atoms with E-state index in [4.69, 9.17) is 14.0 Å². The summed E-state index contributed by atoms with van der Waals surface area (Å²) < 4.78 is 16.9. The lowest BCUT2D eigenvalue weighted by molar-refractivity contribution is -0.0390. The number of nitrogens with one attached hydrogen (secondary N) is 2. The summed E-state index contributed by atoms with van der Waals surface area (Å²) in [7, 11) is 1.77. The van der Waals surface area contributed by atoms with Gasteiger partial charge in [-0.1, -0.05) is 43.3 Å². The van der Waals surface area contributed by atoms with Crippen molar-refractivity contribution in [2.24, 2.45) is 4.99 Å². The Morgan fingerprint density at radius 3 is 2.61 bits per heavy atom. The molecule has 1 fully saturated rings. The molecule has 3 rings (SSSR count). The number of benzene rings is 1. The summed E-state index contributed by atoms with van der Waals surface area (Å²) in [5.41, 5.74) is 3.40. The molecule has 2 N–H and O–H groups in total. The van der Waals surface area contributed by atoms with E-state index in [1.807, 2.05) is 6.07 Å². The van der Waals surface area contributed by atoms with Crippen LogP contribution in [0.2, 0.25) is 0 Å². The van der Waals surface area contributed by atoms with Crippen molar-refractivity contribution in [3.8, 4) is 0 Å².